The smallest absolute Gasteiger partial charge is 0.161 e. The van der Waals surface area contributed by atoms with Crippen LogP contribution in [-0.4, -0.2) is 19.0 Å². The van der Waals surface area contributed by atoms with Crippen molar-refractivity contribution in [1.29, 1.82) is 0 Å². The Bertz CT molecular complexity index is 347. The lowest BCUT2D eigenvalue weighted by molar-refractivity contribution is 0.311. The van der Waals surface area contributed by atoms with Crippen LogP contribution in [0.4, 0.5) is 0 Å². The summed E-state index contributed by atoms with van der Waals surface area (Å²) in [6.07, 6.45) is 0. The number of ether oxygens (including phenoxy) is 2. The summed E-state index contributed by atoms with van der Waals surface area (Å²) in [5.74, 6) is 1.52. The lowest BCUT2D eigenvalue weighted by atomic mass is 10.1. The van der Waals surface area contributed by atoms with E-state index in [-0.39, 0.29) is 0 Å². The van der Waals surface area contributed by atoms with Crippen LogP contribution in [0.1, 0.15) is 12.5 Å². The van der Waals surface area contributed by atoms with Gasteiger partial charge in [0, 0.05) is 5.33 Å². The lowest BCUT2D eigenvalue weighted by Crippen LogP contribution is -1.96. The fourth-order valence-electron chi connectivity index (χ4n) is 1.24. The molecule has 0 spiro atoms. The summed E-state index contributed by atoms with van der Waals surface area (Å²) >= 11 is 3.38. The Morgan fingerprint density at radius 3 is 2.67 bits per heavy atom. The first-order valence-corrected chi connectivity index (χ1v) is 5.90. The molecule has 0 aromatic heterocycles. The molecule has 0 fully saturated rings. The van der Waals surface area contributed by atoms with Gasteiger partial charge in [0.1, 0.15) is 0 Å². The van der Waals surface area contributed by atoms with Gasteiger partial charge in [0.15, 0.2) is 11.5 Å². The summed E-state index contributed by atoms with van der Waals surface area (Å²) in [7, 11) is 1.64. The van der Waals surface area contributed by atoms with E-state index >= 15 is 0 Å². The monoisotopic (exact) mass is 270 g/mol. The maximum atomic E-state index is 5.43. The van der Waals surface area contributed by atoms with Crippen LogP contribution in [0.5, 0.6) is 11.5 Å². The zero-order valence-electron chi connectivity index (χ0n) is 9.05. The molecule has 1 aromatic carbocycles. The predicted molar refractivity (Wildman–Crippen MR) is 67.0 cm³/mol. The Morgan fingerprint density at radius 1 is 1.40 bits per heavy atom. The Balaban J connectivity index is 3.01. The molecule has 0 aliphatic heterocycles. The number of hydrogen-bond donors (Lipinski definition) is 0. The van der Waals surface area contributed by atoms with Gasteiger partial charge in [-0.3, -0.25) is 0 Å². The first-order valence-electron chi connectivity index (χ1n) is 4.77. The summed E-state index contributed by atoms with van der Waals surface area (Å²) in [5.41, 5.74) is 2.09. The molecule has 0 amide bonds. The van der Waals surface area contributed by atoms with Gasteiger partial charge in [0.25, 0.3) is 0 Å². The minimum absolute atomic E-state index is 0.634. The molecule has 15 heavy (non-hydrogen) atoms. The second-order valence-corrected chi connectivity index (χ2v) is 3.60. The van der Waals surface area contributed by atoms with Gasteiger partial charge in [0.2, 0.25) is 0 Å². The van der Waals surface area contributed by atoms with Gasteiger partial charge < -0.3 is 9.47 Å². The SMILES string of the molecule is C=C(CBr)c1ccc(OCC)c(OC)c1. The summed E-state index contributed by atoms with van der Waals surface area (Å²) in [6.45, 7) is 6.53. The van der Waals surface area contributed by atoms with Crippen molar-refractivity contribution < 1.29 is 9.47 Å². The molecule has 0 unspecified atom stereocenters. The van der Waals surface area contributed by atoms with Crippen LogP contribution in [0.25, 0.3) is 5.57 Å². The number of hydrogen-bond acceptors (Lipinski definition) is 2. The minimum atomic E-state index is 0.634. The highest BCUT2D eigenvalue weighted by Crippen LogP contribution is 2.30. The topological polar surface area (TPSA) is 18.5 Å². The second-order valence-electron chi connectivity index (χ2n) is 3.04. The van der Waals surface area contributed by atoms with Crippen molar-refractivity contribution in [2.24, 2.45) is 0 Å². The maximum Gasteiger partial charge on any atom is 0.161 e. The Kier molecular flexibility index (Phi) is 4.69. The third-order valence-corrected chi connectivity index (χ3v) is 2.71. The van der Waals surface area contributed by atoms with E-state index in [4.69, 9.17) is 9.47 Å². The molecule has 0 atom stereocenters. The molecule has 0 heterocycles. The highest BCUT2D eigenvalue weighted by atomic mass is 79.9. The molecule has 3 heteroatoms. The molecule has 0 saturated heterocycles. The number of halogens is 1. The Morgan fingerprint density at radius 2 is 2.13 bits per heavy atom. The van der Waals surface area contributed by atoms with E-state index in [1.54, 1.807) is 7.11 Å². The molecule has 0 bridgehead atoms. The highest BCUT2D eigenvalue weighted by Gasteiger charge is 2.06. The van der Waals surface area contributed by atoms with Crippen molar-refractivity contribution >= 4 is 21.5 Å². The molecule has 2 nitrogen and oxygen atoms in total. The van der Waals surface area contributed by atoms with Crippen molar-refractivity contribution in [3.63, 3.8) is 0 Å². The van der Waals surface area contributed by atoms with Gasteiger partial charge in [0.05, 0.1) is 13.7 Å². The summed E-state index contributed by atoms with van der Waals surface area (Å²) < 4.78 is 10.7. The molecule has 1 aromatic rings. The van der Waals surface area contributed by atoms with Gasteiger partial charge in [-0.1, -0.05) is 28.6 Å². The van der Waals surface area contributed by atoms with Crippen molar-refractivity contribution in [1.82, 2.24) is 0 Å². The van der Waals surface area contributed by atoms with Crippen LogP contribution in [0.3, 0.4) is 0 Å². The quantitative estimate of drug-likeness (QED) is 0.763. The Hall–Kier alpha value is -0.960. The second kappa shape index (κ2) is 5.81. The van der Waals surface area contributed by atoms with Gasteiger partial charge in [-0.25, -0.2) is 0 Å². The van der Waals surface area contributed by atoms with Crippen LogP contribution in [0, 0.1) is 0 Å². The van der Waals surface area contributed by atoms with Gasteiger partial charge in [-0.2, -0.15) is 0 Å². The van der Waals surface area contributed by atoms with Crippen molar-refractivity contribution in [2.75, 3.05) is 19.0 Å². The van der Waals surface area contributed by atoms with E-state index in [1.165, 1.54) is 0 Å². The maximum absolute atomic E-state index is 5.43. The van der Waals surface area contributed by atoms with Crippen LogP contribution in [0.15, 0.2) is 24.8 Å². The molecular formula is C12H15BrO2. The molecular weight excluding hydrogens is 256 g/mol. The zero-order valence-corrected chi connectivity index (χ0v) is 10.6. The van der Waals surface area contributed by atoms with Crippen LogP contribution >= 0.6 is 15.9 Å². The lowest BCUT2D eigenvalue weighted by Gasteiger charge is -2.11. The number of methoxy groups -OCH3 is 1. The molecule has 0 aliphatic carbocycles. The van der Waals surface area contributed by atoms with Crippen molar-refractivity contribution in [2.45, 2.75) is 6.92 Å². The molecule has 0 aliphatic rings. The predicted octanol–water partition coefficient (Wildman–Crippen LogP) is 3.50. The van der Waals surface area contributed by atoms with Gasteiger partial charge in [-0.15, -0.1) is 0 Å². The summed E-state index contributed by atoms with van der Waals surface area (Å²) in [5, 5.41) is 0.754. The number of rotatable bonds is 5. The van der Waals surface area contributed by atoms with E-state index in [0.717, 1.165) is 28.0 Å². The Labute approximate surface area is 99.0 Å². The van der Waals surface area contributed by atoms with E-state index in [0.29, 0.717) is 6.61 Å². The van der Waals surface area contributed by atoms with E-state index in [2.05, 4.69) is 22.5 Å². The van der Waals surface area contributed by atoms with Gasteiger partial charge in [-0.05, 0) is 30.2 Å². The fraction of sp³-hybridized carbons (Fsp3) is 0.333. The average Bonchev–Trinajstić information content (AvgIpc) is 2.29. The van der Waals surface area contributed by atoms with Crippen molar-refractivity contribution in [3.8, 4) is 11.5 Å². The molecule has 82 valence electrons. The molecule has 1 rings (SSSR count). The summed E-state index contributed by atoms with van der Waals surface area (Å²) in [6, 6.07) is 5.83. The van der Waals surface area contributed by atoms with E-state index < -0.39 is 0 Å². The third kappa shape index (κ3) is 2.99. The van der Waals surface area contributed by atoms with Crippen molar-refractivity contribution in [3.05, 3.63) is 30.3 Å². The van der Waals surface area contributed by atoms with Crippen LogP contribution < -0.4 is 9.47 Å². The first-order chi connectivity index (χ1) is 7.22. The number of allylic oxidation sites excluding steroid dienone is 1. The number of alkyl halides is 1. The summed E-state index contributed by atoms with van der Waals surface area (Å²) in [4.78, 5) is 0. The normalized spacial score (nSPS) is 9.80. The van der Waals surface area contributed by atoms with Gasteiger partial charge >= 0.3 is 0 Å². The highest BCUT2D eigenvalue weighted by molar-refractivity contribution is 9.09. The molecule has 0 saturated carbocycles. The molecule has 0 N–H and O–H groups in total. The largest absolute Gasteiger partial charge is 0.493 e. The van der Waals surface area contributed by atoms with Crippen LogP contribution in [-0.2, 0) is 0 Å². The van der Waals surface area contributed by atoms with E-state index in [9.17, 15) is 0 Å². The third-order valence-electron chi connectivity index (χ3n) is 2.03. The molecule has 0 radical (unpaired) electrons. The van der Waals surface area contributed by atoms with Crippen LogP contribution in [0.2, 0.25) is 0 Å². The van der Waals surface area contributed by atoms with E-state index in [1.807, 2.05) is 25.1 Å². The first kappa shape index (κ1) is 12.1. The number of benzene rings is 1. The zero-order chi connectivity index (χ0) is 11.3. The fourth-order valence-corrected chi connectivity index (χ4v) is 1.56. The standard InChI is InChI=1S/C12H15BrO2/c1-4-15-11-6-5-10(9(2)8-13)7-12(11)14-3/h5-7H,2,4,8H2,1,3H3. The average molecular weight is 271 g/mol. The minimum Gasteiger partial charge on any atom is -0.493 e.